The molecule has 0 saturated carbocycles. The Labute approximate surface area is 129 Å². The molecule has 2 heterocycles. The van der Waals surface area contributed by atoms with Crippen LogP contribution >= 0.6 is 0 Å². The maximum atomic E-state index is 12.5. The fraction of sp³-hybridized carbons (Fsp3) is 0.312. The van der Waals surface area contributed by atoms with Crippen molar-refractivity contribution in [3.05, 3.63) is 53.9 Å². The summed E-state index contributed by atoms with van der Waals surface area (Å²) in [6.07, 6.45) is 3.38. The molecule has 6 nitrogen and oxygen atoms in total. The Balaban J connectivity index is 1.65. The lowest BCUT2D eigenvalue weighted by Gasteiger charge is -2.27. The number of benzene rings is 1. The minimum absolute atomic E-state index is 0.0566. The fourth-order valence-corrected chi connectivity index (χ4v) is 2.33. The number of morpholine rings is 1. The lowest BCUT2D eigenvalue weighted by Crippen LogP contribution is -2.40. The van der Waals surface area contributed by atoms with E-state index in [1.165, 1.54) is 0 Å². The van der Waals surface area contributed by atoms with Crippen molar-refractivity contribution >= 4 is 11.9 Å². The van der Waals surface area contributed by atoms with Crippen LogP contribution in [0, 0.1) is 0 Å². The van der Waals surface area contributed by atoms with Crippen LogP contribution in [-0.4, -0.2) is 47.1 Å². The van der Waals surface area contributed by atoms with Gasteiger partial charge in [-0.15, -0.1) is 0 Å². The van der Waals surface area contributed by atoms with Gasteiger partial charge in [-0.1, -0.05) is 12.1 Å². The predicted molar refractivity (Wildman–Crippen MR) is 82.5 cm³/mol. The van der Waals surface area contributed by atoms with Gasteiger partial charge in [-0.25, -0.2) is 9.97 Å². The summed E-state index contributed by atoms with van der Waals surface area (Å²) in [6, 6.07) is 9.41. The van der Waals surface area contributed by atoms with Gasteiger partial charge in [-0.2, -0.15) is 0 Å². The van der Waals surface area contributed by atoms with E-state index < -0.39 is 0 Å². The molecular formula is C16H18N4O2. The van der Waals surface area contributed by atoms with Gasteiger partial charge in [0.15, 0.2) is 0 Å². The Kier molecular flexibility index (Phi) is 4.60. The largest absolute Gasteiger partial charge is 0.378 e. The van der Waals surface area contributed by atoms with Gasteiger partial charge in [0.1, 0.15) is 0 Å². The summed E-state index contributed by atoms with van der Waals surface area (Å²) in [5, 5.41) is 3.14. The second-order valence-electron chi connectivity index (χ2n) is 5.03. The molecule has 3 rings (SSSR count). The fourth-order valence-electron chi connectivity index (χ4n) is 2.33. The Morgan fingerprint density at radius 2 is 1.95 bits per heavy atom. The number of nitrogens with zero attached hydrogens (tertiary/aromatic N) is 3. The molecule has 1 aliphatic heterocycles. The smallest absolute Gasteiger partial charge is 0.254 e. The molecule has 0 atom stereocenters. The third-order valence-electron chi connectivity index (χ3n) is 3.49. The third-order valence-corrected chi connectivity index (χ3v) is 3.49. The van der Waals surface area contributed by atoms with Crippen LogP contribution in [0.2, 0.25) is 0 Å². The van der Waals surface area contributed by atoms with E-state index in [1.807, 2.05) is 29.2 Å². The molecule has 1 fully saturated rings. The molecule has 1 aromatic heterocycles. The Hall–Kier alpha value is -2.47. The van der Waals surface area contributed by atoms with E-state index in [0.717, 1.165) is 5.56 Å². The molecule has 0 radical (unpaired) electrons. The van der Waals surface area contributed by atoms with Gasteiger partial charge in [-0.05, 0) is 23.8 Å². The molecule has 0 unspecified atom stereocenters. The minimum Gasteiger partial charge on any atom is -0.378 e. The van der Waals surface area contributed by atoms with Gasteiger partial charge < -0.3 is 15.0 Å². The van der Waals surface area contributed by atoms with E-state index in [9.17, 15) is 4.79 Å². The van der Waals surface area contributed by atoms with Crippen molar-refractivity contribution in [2.24, 2.45) is 0 Å². The van der Waals surface area contributed by atoms with Crippen LogP contribution in [0.4, 0.5) is 5.95 Å². The molecule has 6 heteroatoms. The maximum Gasteiger partial charge on any atom is 0.254 e. The Morgan fingerprint density at radius 3 is 2.73 bits per heavy atom. The van der Waals surface area contributed by atoms with Crippen LogP contribution in [0.3, 0.4) is 0 Å². The zero-order valence-electron chi connectivity index (χ0n) is 12.2. The average molecular weight is 298 g/mol. The van der Waals surface area contributed by atoms with Crippen molar-refractivity contribution in [2.45, 2.75) is 6.54 Å². The summed E-state index contributed by atoms with van der Waals surface area (Å²) in [6.45, 7) is 3.10. The summed E-state index contributed by atoms with van der Waals surface area (Å²) in [4.78, 5) is 22.5. The summed E-state index contributed by atoms with van der Waals surface area (Å²) < 4.78 is 5.28. The number of hydrogen-bond donors (Lipinski definition) is 1. The quantitative estimate of drug-likeness (QED) is 0.928. The van der Waals surface area contributed by atoms with E-state index >= 15 is 0 Å². The van der Waals surface area contributed by atoms with Crippen LogP contribution in [0.5, 0.6) is 0 Å². The molecule has 1 aliphatic rings. The summed E-state index contributed by atoms with van der Waals surface area (Å²) >= 11 is 0. The number of carbonyl (C=O) groups excluding carboxylic acids is 1. The van der Waals surface area contributed by atoms with E-state index in [2.05, 4.69) is 15.3 Å². The van der Waals surface area contributed by atoms with Gasteiger partial charge in [0, 0.05) is 37.6 Å². The lowest BCUT2D eigenvalue weighted by atomic mass is 10.1. The van der Waals surface area contributed by atoms with E-state index in [1.54, 1.807) is 18.5 Å². The highest BCUT2D eigenvalue weighted by Gasteiger charge is 2.18. The van der Waals surface area contributed by atoms with Crippen LogP contribution in [-0.2, 0) is 11.3 Å². The monoisotopic (exact) mass is 298 g/mol. The first-order valence-electron chi connectivity index (χ1n) is 7.30. The number of ether oxygens (including phenoxy) is 1. The topological polar surface area (TPSA) is 67.4 Å². The van der Waals surface area contributed by atoms with E-state index in [0.29, 0.717) is 44.4 Å². The van der Waals surface area contributed by atoms with Crippen molar-refractivity contribution in [1.29, 1.82) is 0 Å². The molecule has 2 aromatic rings. The molecule has 1 aromatic carbocycles. The van der Waals surface area contributed by atoms with Gasteiger partial charge in [0.25, 0.3) is 5.91 Å². The van der Waals surface area contributed by atoms with Crippen LogP contribution < -0.4 is 5.32 Å². The molecule has 22 heavy (non-hydrogen) atoms. The van der Waals surface area contributed by atoms with Crippen LogP contribution in [0.1, 0.15) is 15.9 Å². The highest BCUT2D eigenvalue weighted by Crippen LogP contribution is 2.11. The van der Waals surface area contributed by atoms with Crippen molar-refractivity contribution in [1.82, 2.24) is 14.9 Å². The first-order valence-corrected chi connectivity index (χ1v) is 7.30. The Morgan fingerprint density at radius 1 is 1.18 bits per heavy atom. The van der Waals surface area contributed by atoms with Gasteiger partial charge in [0.2, 0.25) is 5.95 Å². The van der Waals surface area contributed by atoms with E-state index in [4.69, 9.17) is 4.74 Å². The molecule has 1 amide bonds. The van der Waals surface area contributed by atoms with Crippen LogP contribution in [0.15, 0.2) is 42.7 Å². The van der Waals surface area contributed by atoms with Gasteiger partial charge in [0.05, 0.1) is 13.2 Å². The van der Waals surface area contributed by atoms with E-state index in [-0.39, 0.29) is 5.91 Å². The van der Waals surface area contributed by atoms with Crippen molar-refractivity contribution in [3.63, 3.8) is 0 Å². The second kappa shape index (κ2) is 7.00. The van der Waals surface area contributed by atoms with Crippen LogP contribution in [0.25, 0.3) is 0 Å². The molecule has 1 N–H and O–H groups in total. The lowest BCUT2D eigenvalue weighted by molar-refractivity contribution is 0.0303. The number of hydrogen-bond acceptors (Lipinski definition) is 5. The summed E-state index contributed by atoms with van der Waals surface area (Å²) in [5.74, 6) is 0.633. The first kappa shape index (κ1) is 14.5. The van der Waals surface area contributed by atoms with Gasteiger partial charge in [-0.3, -0.25) is 4.79 Å². The average Bonchev–Trinajstić information content (AvgIpc) is 2.61. The summed E-state index contributed by atoms with van der Waals surface area (Å²) in [5.41, 5.74) is 1.72. The van der Waals surface area contributed by atoms with Crippen molar-refractivity contribution in [3.8, 4) is 0 Å². The predicted octanol–water partition coefficient (Wildman–Crippen LogP) is 1.56. The molecular weight excluding hydrogens is 280 g/mol. The zero-order chi connectivity index (χ0) is 15.2. The highest BCUT2D eigenvalue weighted by molar-refractivity contribution is 5.94. The first-order chi connectivity index (χ1) is 10.8. The minimum atomic E-state index is 0.0566. The number of rotatable bonds is 4. The number of anilines is 1. The summed E-state index contributed by atoms with van der Waals surface area (Å²) in [7, 11) is 0. The molecule has 0 aliphatic carbocycles. The zero-order valence-corrected chi connectivity index (χ0v) is 12.2. The Bertz CT molecular complexity index is 627. The molecule has 1 saturated heterocycles. The number of aromatic nitrogens is 2. The van der Waals surface area contributed by atoms with Crippen molar-refractivity contribution < 1.29 is 9.53 Å². The standard InChI is InChI=1S/C16H18N4O2/c21-15(20-7-9-22-10-8-20)14-4-1-3-13(11-14)12-19-16-17-5-2-6-18-16/h1-6,11H,7-10,12H2,(H,17,18,19). The third kappa shape index (κ3) is 3.59. The van der Waals surface area contributed by atoms with Crippen molar-refractivity contribution in [2.75, 3.05) is 31.6 Å². The normalized spacial score (nSPS) is 14.6. The molecule has 0 bridgehead atoms. The number of nitrogens with one attached hydrogen (secondary N) is 1. The number of carbonyl (C=O) groups is 1. The molecule has 114 valence electrons. The maximum absolute atomic E-state index is 12.5. The highest BCUT2D eigenvalue weighted by atomic mass is 16.5. The number of amides is 1. The second-order valence-corrected chi connectivity index (χ2v) is 5.03. The van der Waals surface area contributed by atoms with Gasteiger partial charge >= 0.3 is 0 Å². The molecule has 0 spiro atoms. The SMILES string of the molecule is O=C(c1cccc(CNc2ncccn2)c1)N1CCOCC1.